The summed E-state index contributed by atoms with van der Waals surface area (Å²) in [5.74, 6) is 0. The van der Waals surface area contributed by atoms with Crippen LogP contribution >= 0.6 is 9.24 Å². The molecule has 2 rings (SSSR count). The average molecular weight is 201 g/mol. The molecule has 0 aromatic heterocycles. The van der Waals surface area contributed by atoms with Crippen molar-refractivity contribution in [1.82, 2.24) is 4.90 Å². The predicted octanol–water partition coefficient (Wildman–Crippen LogP) is 1.36. The van der Waals surface area contributed by atoms with Crippen LogP contribution in [0.25, 0.3) is 0 Å². The zero-order chi connectivity index (χ0) is 9.69. The first-order valence-electron chi connectivity index (χ1n) is 5.03. The van der Waals surface area contributed by atoms with E-state index in [4.69, 9.17) is 4.74 Å². The number of nitrogens with zero attached hydrogens (tertiary/aromatic N) is 1. The first kappa shape index (κ1) is 9.89. The molecule has 1 unspecified atom stereocenters. The van der Waals surface area contributed by atoms with Crippen molar-refractivity contribution in [3.63, 3.8) is 0 Å². The lowest BCUT2D eigenvalue weighted by Crippen LogP contribution is -2.69. The van der Waals surface area contributed by atoms with Gasteiger partial charge in [0.25, 0.3) is 0 Å². The van der Waals surface area contributed by atoms with Gasteiger partial charge in [-0.2, -0.15) is 0 Å². The first-order chi connectivity index (χ1) is 5.92. The van der Waals surface area contributed by atoms with E-state index in [0.717, 1.165) is 19.3 Å². The highest BCUT2D eigenvalue weighted by Gasteiger charge is 2.50. The molecular weight excluding hydrogens is 181 g/mol. The van der Waals surface area contributed by atoms with Gasteiger partial charge in [0.2, 0.25) is 0 Å². The lowest BCUT2D eigenvalue weighted by molar-refractivity contribution is -0.107. The van der Waals surface area contributed by atoms with Gasteiger partial charge in [-0.25, -0.2) is 0 Å². The zero-order valence-electron chi connectivity index (χ0n) is 8.84. The molecule has 0 spiro atoms. The molecule has 13 heavy (non-hydrogen) atoms. The molecule has 0 aromatic carbocycles. The van der Waals surface area contributed by atoms with E-state index in [9.17, 15) is 0 Å². The Labute approximate surface area is 83.2 Å². The summed E-state index contributed by atoms with van der Waals surface area (Å²) < 4.78 is 5.20. The van der Waals surface area contributed by atoms with Gasteiger partial charge in [0.1, 0.15) is 0 Å². The molecule has 1 atom stereocenters. The van der Waals surface area contributed by atoms with Crippen LogP contribution in [0.15, 0.2) is 0 Å². The Kier molecular flexibility index (Phi) is 2.22. The molecule has 2 heterocycles. The summed E-state index contributed by atoms with van der Waals surface area (Å²) in [6, 6.07) is 0.719. The van der Waals surface area contributed by atoms with E-state index in [1.807, 2.05) is 0 Å². The van der Waals surface area contributed by atoms with Crippen LogP contribution in [0.2, 0.25) is 0 Å². The third-order valence-corrected chi connectivity index (χ3v) is 4.83. The highest BCUT2D eigenvalue weighted by atomic mass is 31.0. The summed E-state index contributed by atoms with van der Waals surface area (Å²) in [6.45, 7) is 11.3. The topological polar surface area (TPSA) is 12.5 Å². The summed E-state index contributed by atoms with van der Waals surface area (Å²) in [7, 11) is 3.06. The molecule has 2 nitrogen and oxygen atoms in total. The van der Waals surface area contributed by atoms with Crippen LogP contribution in [-0.2, 0) is 4.74 Å². The molecule has 2 fully saturated rings. The molecule has 2 saturated heterocycles. The van der Waals surface area contributed by atoms with Crippen LogP contribution in [0.3, 0.4) is 0 Å². The van der Waals surface area contributed by atoms with E-state index in [1.165, 1.54) is 13.1 Å². The molecule has 0 radical (unpaired) electrons. The van der Waals surface area contributed by atoms with Gasteiger partial charge in [-0.1, -0.05) is 20.8 Å². The van der Waals surface area contributed by atoms with E-state index in [2.05, 4.69) is 34.9 Å². The van der Waals surface area contributed by atoms with Crippen LogP contribution in [0.1, 0.15) is 20.8 Å². The molecular formula is C10H20NOP. The lowest BCUT2D eigenvalue weighted by Gasteiger charge is -2.58. The van der Waals surface area contributed by atoms with Crippen molar-refractivity contribution in [2.24, 2.45) is 5.41 Å². The fourth-order valence-electron chi connectivity index (χ4n) is 1.85. The quantitative estimate of drug-likeness (QED) is 0.594. The third kappa shape index (κ3) is 1.54. The van der Waals surface area contributed by atoms with Crippen LogP contribution in [-0.4, -0.2) is 42.4 Å². The normalized spacial score (nSPS) is 29.5. The largest absolute Gasteiger partial charge is 0.378 e. The fourth-order valence-corrected chi connectivity index (χ4v) is 2.31. The minimum atomic E-state index is 0.402. The predicted molar refractivity (Wildman–Crippen MR) is 58.1 cm³/mol. The Morgan fingerprint density at radius 1 is 1.31 bits per heavy atom. The number of hydrogen-bond acceptors (Lipinski definition) is 2. The van der Waals surface area contributed by atoms with Crippen LogP contribution in [0, 0.1) is 5.41 Å². The Hall–Kier alpha value is 0.350. The maximum absolute atomic E-state index is 5.20. The van der Waals surface area contributed by atoms with E-state index in [1.54, 1.807) is 0 Å². The van der Waals surface area contributed by atoms with E-state index in [-0.39, 0.29) is 0 Å². The highest BCUT2D eigenvalue weighted by Crippen LogP contribution is 2.46. The van der Waals surface area contributed by atoms with Crippen molar-refractivity contribution in [3.8, 4) is 0 Å². The molecule has 0 aliphatic carbocycles. The van der Waals surface area contributed by atoms with Gasteiger partial charge < -0.3 is 4.74 Å². The maximum Gasteiger partial charge on any atom is 0.0645 e. The minimum Gasteiger partial charge on any atom is -0.378 e. The summed E-state index contributed by atoms with van der Waals surface area (Å²) >= 11 is 0. The number of hydrogen-bond donors (Lipinski definition) is 0. The highest BCUT2D eigenvalue weighted by molar-refractivity contribution is 7.19. The number of rotatable bonds is 1. The summed E-state index contributed by atoms with van der Waals surface area (Å²) in [6.07, 6.45) is 0. The number of ether oxygens (including phenoxy) is 1. The van der Waals surface area contributed by atoms with Gasteiger partial charge in [0, 0.05) is 18.2 Å². The molecule has 3 heteroatoms. The minimum absolute atomic E-state index is 0.402. The van der Waals surface area contributed by atoms with E-state index < -0.39 is 0 Å². The van der Waals surface area contributed by atoms with Gasteiger partial charge >= 0.3 is 0 Å². The molecule has 0 amide bonds. The fraction of sp³-hybridized carbons (Fsp3) is 1.00. The van der Waals surface area contributed by atoms with E-state index in [0.29, 0.717) is 10.6 Å². The lowest BCUT2D eigenvalue weighted by atomic mass is 9.74. The van der Waals surface area contributed by atoms with E-state index >= 15 is 0 Å². The Bertz CT molecular complexity index is 201. The van der Waals surface area contributed by atoms with Crippen molar-refractivity contribution < 1.29 is 4.74 Å². The SMILES string of the molecule is CC(C)(C)C1(P)CN(C2COC2)C1. The molecule has 2 aliphatic rings. The van der Waals surface area contributed by atoms with Gasteiger partial charge in [-0.05, 0) is 5.41 Å². The van der Waals surface area contributed by atoms with Crippen LogP contribution in [0.4, 0.5) is 0 Å². The smallest absolute Gasteiger partial charge is 0.0645 e. The standard InChI is InChI=1S/C10H20NOP/c1-9(2,3)10(13)6-11(7-10)8-4-12-5-8/h8H,4-7,13H2,1-3H3. The second-order valence-electron chi connectivity index (χ2n) is 5.50. The van der Waals surface area contributed by atoms with Gasteiger partial charge in [-0.3, -0.25) is 4.90 Å². The number of likely N-dealkylation sites (tertiary alicyclic amines) is 1. The summed E-state index contributed by atoms with van der Waals surface area (Å²) in [5, 5.41) is 0.433. The molecule has 0 N–H and O–H groups in total. The Morgan fingerprint density at radius 2 is 1.85 bits per heavy atom. The summed E-state index contributed by atoms with van der Waals surface area (Å²) in [5.41, 5.74) is 0.402. The van der Waals surface area contributed by atoms with Crippen molar-refractivity contribution in [1.29, 1.82) is 0 Å². The molecule has 76 valence electrons. The second kappa shape index (κ2) is 2.92. The van der Waals surface area contributed by atoms with Crippen molar-refractivity contribution >= 4 is 9.24 Å². The van der Waals surface area contributed by atoms with Crippen molar-refractivity contribution in [2.45, 2.75) is 32.0 Å². The Morgan fingerprint density at radius 3 is 2.15 bits per heavy atom. The van der Waals surface area contributed by atoms with Crippen molar-refractivity contribution in [2.75, 3.05) is 26.3 Å². The zero-order valence-corrected chi connectivity index (χ0v) is 9.99. The second-order valence-corrected chi connectivity index (χ2v) is 6.61. The monoisotopic (exact) mass is 201 g/mol. The molecule has 0 aromatic rings. The average Bonchev–Trinajstić information content (AvgIpc) is 1.76. The first-order valence-corrected chi connectivity index (χ1v) is 5.61. The molecule has 2 aliphatic heterocycles. The van der Waals surface area contributed by atoms with Crippen LogP contribution in [0.5, 0.6) is 0 Å². The maximum atomic E-state index is 5.20. The van der Waals surface area contributed by atoms with Gasteiger partial charge in [-0.15, -0.1) is 9.24 Å². The van der Waals surface area contributed by atoms with Gasteiger partial charge in [0.05, 0.1) is 19.3 Å². The van der Waals surface area contributed by atoms with Crippen molar-refractivity contribution in [3.05, 3.63) is 0 Å². The van der Waals surface area contributed by atoms with Crippen LogP contribution < -0.4 is 0 Å². The third-order valence-electron chi connectivity index (χ3n) is 3.60. The Balaban J connectivity index is 1.88. The molecule has 0 bridgehead atoms. The molecule has 0 saturated carbocycles. The van der Waals surface area contributed by atoms with Gasteiger partial charge in [0.15, 0.2) is 0 Å². The summed E-state index contributed by atoms with van der Waals surface area (Å²) in [4.78, 5) is 2.54.